The van der Waals surface area contributed by atoms with E-state index in [9.17, 15) is 0 Å². The summed E-state index contributed by atoms with van der Waals surface area (Å²) in [6.45, 7) is 0.756. The number of pyridine rings is 1. The van der Waals surface area contributed by atoms with Crippen molar-refractivity contribution < 1.29 is 0 Å². The van der Waals surface area contributed by atoms with Gasteiger partial charge in [0.25, 0.3) is 0 Å². The Labute approximate surface area is 132 Å². The summed E-state index contributed by atoms with van der Waals surface area (Å²) in [5.41, 5.74) is 4.52. The lowest BCUT2D eigenvalue weighted by atomic mass is 10.1. The van der Waals surface area contributed by atoms with Crippen LogP contribution in [0.5, 0.6) is 0 Å². The van der Waals surface area contributed by atoms with E-state index in [-0.39, 0.29) is 0 Å². The van der Waals surface area contributed by atoms with Gasteiger partial charge in [0.1, 0.15) is 0 Å². The number of nitrogens with one attached hydrogen (secondary N) is 1. The molecule has 0 radical (unpaired) electrons. The first-order valence-electron chi connectivity index (χ1n) is 6.63. The molecule has 0 saturated carbocycles. The summed E-state index contributed by atoms with van der Waals surface area (Å²) in [6, 6.07) is 10.5. The highest BCUT2D eigenvalue weighted by Gasteiger charge is 2.02. The maximum absolute atomic E-state index is 4.21. The van der Waals surface area contributed by atoms with Crippen molar-refractivity contribution in [3.63, 3.8) is 0 Å². The number of aromatic nitrogens is 3. The Kier molecular flexibility index (Phi) is 4.01. The van der Waals surface area contributed by atoms with Crippen LogP contribution in [0, 0.1) is 0 Å². The van der Waals surface area contributed by atoms with Crippen molar-refractivity contribution in [2.75, 3.05) is 5.32 Å². The molecular formula is C16H15BrN4. The quantitative estimate of drug-likeness (QED) is 0.782. The second kappa shape index (κ2) is 6.10. The maximum Gasteiger partial charge on any atom is 0.0568 e. The highest BCUT2D eigenvalue weighted by Crippen LogP contribution is 2.20. The molecular weight excluding hydrogens is 328 g/mol. The first kappa shape index (κ1) is 13.8. The predicted molar refractivity (Wildman–Crippen MR) is 87.9 cm³/mol. The van der Waals surface area contributed by atoms with Gasteiger partial charge in [0.05, 0.1) is 18.1 Å². The van der Waals surface area contributed by atoms with Crippen LogP contribution >= 0.6 is 15.9 Å². The topological polar surface area (TPSA) is 42.7 Å². The van der Waals surface area contributed by atoms with Crippen LogP contribution in [0.15, 0.2) is 59.6 Å². The second-order valence-electron chi connectivity index (χ2n) is 4.85. The molecule has 2 heterocycles. The number of anilines is 1. The molecule has 3 aromatic rings. The summed E-state index contributed by atoms with van der Waals surface area (Å²) >= 11 is 3.42. The van der Waals surface area contributed by atoms with Gasteiger partial charge < -0.3 is 5.32 Å². The van der Waals surface area contributed by atoms with E-state index in [0.29, 0.717) is 0 Å². The van der Waals surface area contributed by atoms with E-state index < -0.39 is 0 Å². The number of rotatable bonds is 4. The van der Waals surface area contributed by atoms with Crippen LogP contribution in [0.3, 0.4) is 0 Å². The SMILES string of the molecule is Cn1cc(-c2cccc(CNc3cncc(Br)c3)c2)cn1. The molecule has 2 aromatic heterocycles. The minimum absolute atomic E-state index is 0.756. The van der Waals surface area contributed by atoms with E-state index in [4.69, 9.17) is 0 Å². The van der Waals surface area contributed by atoms with Crippen molar-refractivity contribution in [3.8, 4) is 11.1 Å². The van der Waals surface area contributed by atoms with Gasteiger partial charge in [0.15, 0.2) is 0 Å². The largest absolute Gasteiger partial charge is 0.380 e. The van der Waals surface area contributed by atoms with Gasteiger partial charge in [0, 0.05) is 36.0 Å². The van der Waals surface area contributed by atoms with Crippen LogP contribution in [0.25, 0.3) is 11.1 Å². The highest BCUT2D eigenvalue weighted by atomic mass is 79.9. The van der Waals surface area contributed by atoms with E-state index >= 15 is 0 Å². The molecule has 106 valence electrons. The van der Waals surface area contributed by atoms with Crippen LogP contribution in [0.4, 0.5) is 5.69 Å². The fourth-order valence-corrected chi connectivity index (χ4v) is 2.51. The minimum atomic E-state index is 0.756. The third-order valence-corrected chi connectivity index (χ3v) is 3.60. The predicted octanol–water partition coefficient (Wildman–Crippen LogP) is 3.86. The van der Waals surface area contributed by atoms with Crippen LogP contribution in [-0.2, 0) is 13.6 Å². The summed E-state index contributed by atoms with van der Waals surface area (Å²) in [5, 5.41) is 7.59. The maximum atomic E-state index is 4.21. The second-order valence-corrected chi connectivity index (χ2v) is 5.76. The smallest absolute Gasteiger partial charge is 0.0568 e. The van der Waals surface area contributed by atoms with Gasteiger partial charge in [-0.3, -0.25) is 9.67 Å². The van der Waals surface area contributed by atoms with Crippen molar-refractivity contribution in [1.29, 1.82) is 0 Å². The fourth-order valence-electron chi connectivity index (χ4n) is 2.14. The molecule has 5 heteroatoms. The van der Waals surface area contributed by atoms with Gasteiger partial charge >= 0.3 is 0 Å². The summed E-state index contributed by atoms with van der Waals surface area (Å²) in [6.07, 6.45) is 7.49. The molecule has 0 unspecified atom stereocenters. The van der Waals surface area contributed by atoms with Crippen LogP contribution in [0.1, 0.15) is 5.56 Å². The Bertz CT molecular complexity index is 751. The summed E-state index contributed by atoms with van der Waals surface area (Å²) in [5.74, 6) is 0. The molecule has 0 aliphatic carbocycles. The third kappa shape index (κ3) is 3.49. The van der Waals surface area contributed by atoms with Crippen LogP contribution in [0.2, 0.25) is 0 Å². The molecule has 1 aromatic carbocycles. The van der Waals surface area contributed by atoms with Crippen molar-refractivity contribution in [2.45, 2.75) is 6.54 Å². The Balaban J connectivity index is 1.74. The van der Waals surface area contributed by atoms with E-state index in [1.165, 1.54) is 11.1 Å². The normalized spacial score (nSPS) is 10.6. The lowest BCUT2D eigenvalue weighted by molar-refractivity contribution is 0.768. The number of halogens is 1. The number of hydrogen-bond donors (Lipinski definition) is 1. The Hall–Kier alpha value is -2.14. The monoisotopic (exact) mass is 342 g/mol. The third-order valence-electron chi connectivity index (χ3n) is 3.17. The standard InChI is InChI=1S/C16H15BrN4/c1-21-11-14(8-20-21)13-4-2-3-12(5-13)7-19-16-6-15(17)9-18-10-16/h2-6,8-11,19H,7H2,1H3. The number of hydrogen-bond acceptors (Lipinski definition) is 3. The molecule has 1 N–H and O–H groups in total. The van der Waals surface area contributed by atoms with E-state index in [0.717, 1.165) is 22.3 Å². The first-order chi connectivity index (χ1) is 10.2. The molecule has 3 rings (SSSR count). The minimum Gasteiger partial charge on any atom is -0.380 e. The molecule has 21 heavy (non-hydrogen) atoms. The lowest BCUT2D eigenvalue weighted by Crippen LogP contribution is -1.99. The Morgan fingerprint density at radius 1 is 1.14 bits per heavy atom. The zero-order valence-corrected chi connectivity index (χ0v) is 13.2. The Morgan fingerprint density at radius 2 is 2.05 bits per heavy atom. The van der Waals surface area contributed by atoms with Crippen molar-refractivity contribution >= 4 is 21.6 Å². The van der Waals surface area contributed by atoms with E-state index in [2.05, 4.69) is 55.6 Å². The molecule has 0 spiro atoms. The summed E-state index contributed by atoms with van der Waals surface area (Å²) in [7, 11) is 1.93. The van der Waals surface area contributed by atoms with Crippen molar-refractivity contribution in [1.82, 2.24) is 14.8 Å². The molecule has 0 amide bonds. The van der Waals surface area contributed by atoms with Crippen LogP contribution < -0.4 is 5.32 Å². The molecule has 4 nitrogen and oxygen atoms in total. The van der Waals surface area contributed by atoms with Gasteiger partial charge in [0.2, 0.25) is 0 Å². The van der Waals surface area contributed by atoms with E-state index in [1.54, 1.807) is 6.20 Å². The van der Waals surface area contributed by atoms with Gasteiger partial charge in [-0.05, 0) is 39.2 Å². The van der Waals surface area contributed by atoms with Gasteiger partial charge in [-0.25, -0.2) is 0 Å². The van der Waals surface area contributed by atoms with E-state index in [1.807, 2.05) is 36.4 Å². The average molecular weight is 343 g/mol. The van der Waals surface area contributed by atoms with Gasteiger partial charge in [-0.1, -0.05) is 18.2 Å². The van der Waals surface area contributed by atoms with Crippen molar-refractivity contribution in [2.24, 2.45) is 7.05 Å². The molecule has 0 aliphatic rings. The fraction of sp³-hybridized carbons (Fsp3) is 0.125. The molecule has 0 fully saturated rings. The Morgan fingerprint density at radius 3 is 2.81 bits per heavy atom. The van der Waals surface area contributed by atoms with Gasteiger partial charge in [-0.2, -0.15) is 5.10 Å². The summed E-state index contributed by atoms with van der Waals surface area (Å²) < 4.78 is 2.78. The van der Waals surface area contributed by atoms with Crippen LogP contribution in [-0.4, -0.2) is 14.8 Å². The van der Waals surface area contributed by atoms with Gasteiger partial charge in [-0.15, -0.1) is 0 Å². The average Bonchev–Trinajstić information content (AvgIpc) is 2.92. The number of nitrogens with zero attached hydrogens (tertiary/aromatic N) is 3. The zero-order chi connectivity index (χ0) is 14.7. The molecule has 0 aliphatic heterocycles. The highest BCUT2D eigenvalue weighted by molar-refractivity contribution is 9.10. The zero-order valence-electron chi connectivity index (χ0n) is 11.6. The number of aryl methyl sites for hydroxylation is 1. The molecule has 0 saturated heterocycles. The van der Waals surface area contributed by atoms with Crippen molar-refractivity contribution in [3.05, 3.63) is 65.2 Å². The molecule has 0 bridgehead atoms. The number of benzene rings is 1. The first-order valence-corrected chi connectivity index (χ1v) is 7.42. The lowest BCUT2D eigenvalue weighted by Gasteiger charge is -2.07. The summed E-state index contributed by atoms with van der Waals surface area (Å²) in [4.78, 5) is 4.14. The molecule has 0 atom stereocenters.